The Morgan fingerprint density at radius 2 is 2.04 bits per heavy atom. The Morgan fingerprint density at radius 3 is 2.81 bits per heavy atom. The highest BCUT2D eigenvalue weighted by Crippen LogP contribution is 2.32. The van der Waals surface area contributed by atoms with Crippen molar-refractivity contribution in [1.82, 2.24) is 15.2 Å². The highest BCUT2D eigenvalue weighted by Gasteiger charge is 2.17. The number of amides is 2. The average Bonchev–Trinajstić information content (AvgIpc) is 3.15. The number of ether oxygens (including phenoxy) is 1. The minimum Gasteiger partial charge on any atom is -0.378 e. The molecule has 27 heavy (non-hydrogen) atoms. The number of morpholine rings is 1. The van der Waals surface area contributed by atoms with Crippen molar-refractivity contribution >= 4 is 57.2 Å². The van der Waals surface area contributed by atoms with Crippen LogP contribution in [0.1, 0.15) is 16.9 Å². The van der Waals surface area contributed by atoms with E-state index in [2.05, 4.69) is 15.6 Å². The van der Waals surface area contributed by atoms with Crippen LogP contribution in [0.2, 0.25) is 10.0 Å². The molecule has 0 atom stereocenters. The lowest BCUT2D eigenvalue weighted by molar-refractivity contribution is -0.135. The molecule has 3 rings (SSSR count). The maximum Gasteiger partial charge on any atom is 0.270 e. The molecule has 1 aliphatic heterocycles. The fourth-order valence-electron chi connectivity index (χ4n) is 2.50. The zero-order valence-corrected chi connectivity index (χ0v) is 16.7. The summed E-state index contributed by atoms with van der Waals surface area (Å²) in [6, 6.07) is 5.23. The van der Waals surface area contributed by atoms with E-state index in [1.165, 1.54) is 11.3 Å². The number of carbonyl (C=O) groups is 2. The van der Waals surface area contributed by atoms with Gasteiger partial charge < -0.3 is 20.3 Å². The van der Waals surface area contributed by atoms with Gasteiger partial charge >= 0.3 is 0 Å². The Labute approximate surface area is 170 Å². The molecule has 10 heteroatoms. The largest absolute Gasteiger partial charge is 0.378 e. The van der Waals surface area contributed by atoms with E-state index in [0.717, 1.165) is 0 Å². The van der Waals surface area contributed by atoms with Crippen LogP contribution < -0.4 is 10.6 Å². The number of halogens is 2. The number of nitrogens with zero attached hydrogens (tertiary/aromatic N) is 2. The van der Waals surface area contributed by atoms with Crippen molar-refractivity contribution in [2.45, 2.75) is 6.42 Å². The van der Waals surface area contributed by atoms with Crippen LogP contribution in [0.5, 0.6) is 0 Å². The molecule has 0 bridgehead atoms. The van der Waals surface area contributed by atoms with Crippen LogP contribution in [0.4, 0.5) is 10.8 Å². The van der Waals surface area contributed by atoms with Crippen molar-refractivity contribution in [3.63, 3.8) is 0 Å². The van der Waals surface area contributed by atoms with E-state index in [-0.39, 0.29) is 30.5 Å². The van der Waals surface area contributed by atoms with Crippen molar-refractivity contribution in [1.29, 1.82) is 0 Å². The quantitative estimate of drug-likeness (QED) is 0.737. The Hall–Kier alpha value is -1.87. The summed E-state index contributed by atoms with van der Waals surface area (Å²) in [5.74, 6) is -0.318. The van der Waals surface area contributed by atoms with Gasteiger partial charge in [0.05, 0.1) is 28.9 Å². The zero-order valence-electron chi connectivity index (χ0n) is 14.3. The predicted octanol–water partition coefficient (Wildman–Crippen LogP) is 3.17. The maximum atomic E-state index is 12.2. The molecule has 144 valence electrons. The molecule has 1 aromatic carbocycles. The molecule has 0 spiro atoms. The molecule has 7 nitrogen and oxygen atoms in total. The molecule has 2 N–H and O–H groups in total. The van der Waals surface area contributed by atoms with Crippen LogP contribution in [0.15, 0.2) is 23.6 Å². The second-order valence-electron chi connectivity index (χ2n) is 5.76. The summed E-state index contributed by atoms with van der Waals surface area (Å²) in [5, 5.41) is 8.75. The molecular weight excluding hydrogens is 411 g/mol. The minimum atomic E-state index is -0.328. The summed E-state index contributed by atoms with van der Waals surface area (Å²) >= 11 is 13.4. The van der Waals surface area contributed by atoms with Gasteiger partial charge in [0.1, 0.15) is 5.69 Å². The summed E-state index contributed by atoms with van der Waals surface area (Å²) in [6.07, 6.45) is 0.249. The van der Waals surface area contributed by atoms with Crippen molar-refractivity contribution < 1.29 is 14.3 Å². The van der Waals surface area contributed by atoms with Crippen LogP contribution in [0.25, 0.3) is 0 Å². The smallest absolute Gasteiger partial charge is 0.270 e. The molecule has 1 aromatic heterocycles. The molecule has 1 fully saturated rings. The first kappa shape index (κ1) is 19.9. The third-order valence-electron chi connectivity index (χ3n) is 3.92. The van der Waals surface area contributed by atoms with E-state index in [4.69, 9.17) is 27.9 Å². The molecule has 0 aliphatic carbocycles. The monoisotopic (exact) mass is 428 g/mol. The fourth-order valence-corrected chi connectivity index (χ4v) is 3.55. The van der Waals surface area contributed by atoms with Crippen molar-refractivity contribution in [3.05, 3.63) is 39.3 Å². The van der Waals surface area contributed by atoms with Crippen LogP contribution in [-0.4, -0.2) is 54.5 Å². The molecule has 0 radical (unpaired) electrons. The predicted molar refractivity (Wildman–Crippen MR) is 106 cm³/mol. The van der Waals surface area contributed by atoms with E-state index in [9.17, 15) is 9.59 Å². The van der Waals surface area contributed by atoms with Gasteiger partial charge in [0, 0.05) is 31.4 Å². The van der Waals surface area contributed by atoms with Gasteiger partial charge in [-0.15, -0.1) is 11.3 Å². The summed E-state index contributed by atoms with van der Waals surface area (Å²) in [6.45, 7) is 2.57. The lowest BCUT2D eigenvalue weighted by Gasteiger charge is -2.26. The fraction of sp³-hybridized carbons (Fsp3) is 0.353. The number of benzene rings is 1. The number of nitrogens with one attached hydrogen (secondary N) is 2. The summed E-state index contributed by atoms with van der Waals surface area (Å²) in [5.41, 5.74) is 0.890. The van der Waals surface area contributed by atoms with Gasteiger partial charge in [-0.05, 0) is 12.1 Å². The topological polar surface area (TPSA) is 83.6 Å². The SMILES string of the molecule is O=C(NCCC(=O)N1CCOCC1)c1csc(Nc2cccc(Cl)c2Cl)n1. The first-order chi connectivity index (χ1) is 13.0. The van der Waals surface area contributed by atoms with Gasteiger partial charge in [0.25, 0.3) is 5.91 Å². The first-order valence-electron chi connectivity index (χ1n) is 8.35. The second-order valence-corrected chi connectivity index (χ2v) is 7.41. The van der Waals surface area contributed by atoms with E-state index in [1.54, 1.807) is 28.5 Å². The molecule has 0 unspecified atom stereocenters. The maximum absolute atomic E-state index is 12.2. The third-order valence-corrected chi connectivity index (χ3v) is 5.49. The number of anilines is 2. The third kappa shape index (κ3) is 5.32. The molecule has 2 amide bonds. The summed E-state index contributed by atoms with van der Waals surface area (Å²) in [7, 11) is 0. The summed E-state index contributed by atoms with van der Waals surface area (Å²) < 4.78 is 5.22. The second kappa shape index (κ2) is 9.36. The Bertz CT molecular complexity index is 824. The van der Waals surface area contributed by atoms with Gasteiger partial charge in [-0.1, -0.05) is 29.3 Å². The van der Waals surface area contributed by atoms with Gasteiger partial charge in [-0.2, -0.15) is 0 Å². The van der Waals surface area contributed by atoms with Crippen molar-refractivity contribution in [2.24, 2.45) is 0 Å². The minimum absolute atomic E-state index is 0.00910. The zero-order chi connectivity index (χ0) is 19.2. The number of hydrogen-bond donors (Lipinski definition) is 2. The molecular formula is C17H18Cl2N4O3S. The van der Waals surface area contributed by atoms with Gasteiger partial charge in [-0.3, -0.25) is 9.59 Å². The normalized spacial score (nSPS) is 14.1. The highest BCUT2D eigenvalue weighted by molar-refractivity contribution is 7.14. The van der Waals surface area contributed by atoms with E-state index < -0.39 is 0 Å². The number of rotatable bonds is 6. The van der Waals surface area contributed by atoms with E-state index in [0.29, 0.717) is 47.2 Å². The Kier molecular flexibility index (Phi) is 6.89. The number of carbonyl (C=O) groups excluding carboxylic acids is 2. The highest BCUT2D eigenvalue weighted by atomic mass is 35.5. The Balaban J connectivity index is 1.49. The standard InChI is InChI=1S/C17H18Cl2N4O3S/c18-11-2-1-3-12(15(11)19)21-17-22-13(10-27-17)16(25)20-5-4-14(24)23-6-8-26-9-7-23/h1-3,10H,4-9H2,(H,20,25)(H,21,22). The van der Waals surface area contributed by atoms with Gasteiger partial charge in [-0.25, -0.2) is 4.98 Å². The van der Waals surface area contributed by atoms with Crippen LogP contribution in [0, 0.1) is 0 Å². The Morgan fingerprint density at radius 1 is 1.26 bits per heavy atom. The van der Waals surface area contributed by atoms with E-state index >= 15 is 0 Å². The van der Waals surface area contributed by atoms with Crippen LogP contribution in [-0.2, 0) is 9.53 Å². The van der Waals surface area contributed by atoms with Gasteiger partial charge in [0.2, 0.25) is 5.91 Å². The lowest BCUT2D eigenvalue weighted by Crippen LogP contribution is -2.42. The molecule has 2 aromatic rings. The van der Waals surface area contributed by atoms with Crippen molar-refractivity contribution in [2.75, 3.05) is 38.2 Å². The number of hydrogen-bond acceptors (Lipinski definition) is 6. The summed E-state index contributed by atoms with van der Waals surface area (Å²) in [4.78, 5) is 30.2. The molecule has 0 saturated carbocycles. The van der Waals surface area contributed by atoms with E-state index in [1.807, 2.05) is 0 Å². The molecule has 1 aliphatic rings. The number of aromatic nitrogens is 1. The average molecular weight is 429 g/mol. The van der Waals surface area contributed by atoms with Crippen LogP contribution >= 0.6 is 34.5 Å². The lowest BCUT2D eigenvalue weighted by atomic mass is 10.3. The number of thiazole rings is 1. The first-order valence-corrected chi connectivity index (χ1v) is 9.98. The molecule has 1 saturated heterocycles. The van der Waals surface area contributed by atoms with Gasteiger partial charge in [0.15, 0.2) is 5.13 Å². The van der Waals surface area contributed by atoms with Crippen LogP contribution in [0.3, 0.4) is 0 Å². The van der Waals surface area contributed by atoms with Crippen molar-refractivity contribution in [3.8, 4) is 0 Å². The molecule has 2 heterocycles.